The average Bonchev–Trinajstić information content (AvgIpc) is 2.35. The van der Waals surface area contributed by atoms with E-state index >= 15 is 0 Å². The van der Waals surface area contributed by atoms with Crippen LogP contribution in [0, 0.1) is 26.2 Å². The Labute approximate surface area is 112 Å². The van der Waals surface area contributed by atoms with Crippen LogP contribution in [0.15, 0.2) is 30.5 Å². The van der Waals surface area contributed by atoms with Crippen LogP contribution in [-0.4, -0.2) is 10.8 Å². The third-order valence-corrected chi connectivity index (χ3v) is 3.00. The largest absolute Gasteiger partial charge is 0.457 e. The van der Waals surface area contributed by atoms with E-state index in [2.05, 4.69) is 18.0 Å². The lowest BCUT2D eigenvalue weighted by atomic mass is 10.1. The second-order valence-electron chi connectivity index (χ2n) is 4.60. The van der Waals surface area contributed by atoms with E-state index in [1.807, 2.05) is 19.9 Å². The van der Waals surface area contributed by atoms with Gasteiger partial charge in [0.25, 0.3) is 0 Å². The zero-order valence-corrected chi connectivity index (χ0v) is 11.3. The topological polar surface area (TPSA) is 72.0 Å². The van der Waals surface area contributed by atoms with Crippen molar-refractivity contribution in [2.75, 3.05) is 0 Å². The molecular formula is C15H17N3O. The standard InChI is InChI=1S/C15H17N3O/c1-9-6-10(2)11(3)14(7-9)19-12-4-5-18-13(8-12)15(16)17/h4-8H,1-3H3,(H3,16,17). The predicted molar refractivity (Wildman–Crippen MR) is 76.0 cm³/mol. The zero-order valence-electron chi connectivity index (χ0n) is 11.3. The Morgan fingerprint density at radius 2 is 1.95 bits per heavy atom. The summed E-state index contributed by atoms with van der Waals surface area (Å²) in [6.45, 7) is 6.12. The molecule has 0 aliphatic rings. The number of hydrogen-bond acceptors (Lipinski definition) is 3. The smallest absolute Gasteiger partial charge is 0.141 e. The Bertz CT molecular complexity index is 635. The van der Waals surface area contributed by atoms with Gasteiger partial charge in [-0.25, -0.2) is 0 Å². The number of nitrogens with one attached hydrogen (secondary N) is 1. The van der Waals surface area contributed by atoms with Gasteiger partial charge in [-0.05, 0) is 49.6 Å². The first kappa shape index (κ1) is 13.1. The van der Waals surface area contributed by atoms with Crippen molar-refractivity contribution < 1.29 is 4.74 Å². The maximum absolute atomic E-state index is 7.38. The lowest BCUT2D eigenvalue weighted by Gasteiger charge is -2.12. The maximum atomic E-state index is 7.38. The Kier molecular flexibility index (Phi) is 3.51. The summed E-state index contributed by atoms with van der Waals surface area (Å²) in [7, 11) is 0. The lowest BCUT2D eigenvalue weighted by molar-refractivity contribution is 0.477. The van der Waals surface area contributed by atoms with Crippen molar-refractivity contribution in [1.82, 2.24) is 4.98 Å². The summed E-state index contributed by atoms with van der Waals surface area (Å²) >= 11 is 0. The van der Waals surface area contributed by atoms with Crippen LogP contribution in [0.3, 0.4) is 0 Å². The van der Waals surface area contributed by atoms with Gasteiger partial charge in [0, 0.05) is 12.3 Å². The van der Waals surface area contributed by atoms with E-state index in [0.29, 0.717) is 11.4 Å². The Morgan fingerprint density at radius 3 is 2.63 bits per heavy atom. The van der Waals surface area contributed by atoms with Crippen molar-refractivity contribution in [2.24, 2.45) is 5.73 Å². The fourth-order valence-corrected chi connectivity index (χ4v) is 1.86. The van der Waals surface area contributed by atoms with Crippen LogP contribution in [0.25, 0.3) is 0 Å². The van der Waals surface area contributed by atoms with Crippen molar-refractivity contribution in [1.29, 1.82) is 5.41 Å². The highest BCUT2D eigenvalue weighted by atomic mass is 16.5. The molecule has 98 valence electrons. The number of aromatic nitrogens is 1. The number of benzene rings is 1. The summed E-state index contributed by atoms with van der Waals surface area (Å²) in [6.07, 6.45) is 1.59. The molecule has 3 N–H and O–H groups in total. The fourth-order valence-electron chi connectivity index (χ4n) is 1.86. The van der Waals surface area contributed by atoms with Crippen molar-refractivity contribution in [2.45, 2.75) is 20.8 Å². The predicted octanol–water partition coefficient (Wildman–Crippen LogP) is 3.08. The van der Waals surface area contributed by atoms with Gasteiger partial charge in [0.05, 0.1) is 0 Å². The van der Waals surface area contributed by atoms with Gasteiger partial charge in [0.1, 0.15) is 23.0 Å². The van der Waals surface area contributed by atoms with Crippen LogP contribution >= 0.6 is 0 Å². The molecule has 0 spiro atoms. The van der Waals surface area contributed by atoms with E-state index in [1.54, 1.807) is 18.3 Å². The third kappa shape index (κ3) is 2.91. The van der Waals surface area contributed by atoms with E-state index in [1.165, 1.54) is 5.56 Å². The van der Waals surface area contributed by atoms with Gasteiger partial charge in [-0.1, -0.05) is 6.07 Å². The summed E-state index contributed by atoms with van der Waals surface area (Å²) in [6, 6.07) is 7.54. The summed E-state index contributed by atoms with van der Waals surface area (Å²) in [4.78, 5) is 4.01. The van der Waals surface area contributed by atoms with E-state index in [4.69, 9.17) is 15.9 Å². The molecule has 19 heavy (non-hydrogen) atoms. The SMILES string of the molecule is Cc1cc(C)c(C)c(Oc2ccnc(C(=N)N)c2)c1. The molecule has 0 aliphatic heterocycles. The molecular weight excluding hydrogens is 238 g/mol. The highest BCUT2D eigenvalue weighted by Gasteiger charge is 2.07. The van der Waals surface area contributed by atoms with Gasteiger partial charge in [0.15, 0.2) is 0 Å². The number of rotatable bonds is 3. The van der Waals surface area contributed by atoms with Gasteiger partial charge in [-0.2, -0.15) is 0 Å². The molecule has 1 aromatic heterocycles. The maximum Gasteiger partial charge on any atom is 0.141 e. The molecule has 0 bridgehead atoms. The number of ether oxygens (including phenoxy) is 1. The number of nitrogen functional groups attached to an aromatic ring is 1. The molecule has 4 heteroatoms. The molecule has 2 rings (SSSR count). The monoisotopic (exact) mass is 255 g/mol. The van der Waals surface area contributed by atoms with Gasteiger partial charge < -0.3 is 10.5 Å². The highest BCUT2D eigenvalue weighted by Crippen LogP contribution is 2.28. The van der Waals surface area contributed by atoms with Crippen LogP contribution in [0.4, 0.5) is 0 Å². The van der Waals surface area contributed by atoms with Gasteiger partial charge in [0.2, 0.25) is 0 Å². The van der Waals surface area contributed by atoms with E-state index in [0.717, 1.165) is 16.9 Å². The molecule has 0 radical (unpaired) electrons. The second-order valence-corrected chi connectivity index (χ2v) is 4.60. The Hall–Kier alpha value is -2.36. The van der Waals surface area contributed by atoms with E-state index < -0.39 is 0 Å². The minimum Gasteiger partial charge on any atom is -0.457 e. The normalized spacial score (nSPS) is 10.3. The Balaban J connectivity index is 2.36. The van der Waals surface area contributed by atoms with Crippen molar-refractivity contribution >= 4 is 5.84 Å². The molecule has 0 aliphatic carbocycles. The van der Waals surface area contributed by atoms with Crippen LogP contribution in [0.2, 0.25) is 0 Å². The third-order valence-electron chi connectivity index (χ3n) is 3.00. The molecule has 0 unspecified atom stereocenters. The number of amidine groups is 1. The first-order chi connectivity index (χ1) is 8.97. The number of hydrogen-bond donors (Lipinski definition) is 2. The van der Waals surface area contributed by atoms with Gasteiger partial charge >= 0.3 is 0 Å². The van der Waals surface area contributed by atoms with Crippen LogP contribution < -0.4 is 10.5 Å². The molecule has 1 aromatic carbocycles. The van der Waals surface area contributed by atoms with Crippen LogP contribution in [0.1, 0.15) is 22.4 Å². The first-order valence-electron chi connectivity index (χ1n) is 6.03. The minimum absolute atomic E-state index is 0.0670. The number of nitrogens with two attached hydrogens (primary N) is 1. The van der Waals surface area contributed by atoms with Gasteiger partial charge in [-0.3, -0.25) is 10.4 Å². The van der Waals surface area contributed by atoms with Crippen molar-refractivity contribution in [3.63, 3.8) is 0 Å². The fraction of sp³-hybridized carbons (Fsp3) is 0.200. The minimum atomic E-state index is -0.0670. The molecule has 0 saturated heterocycles. The van der Waals surface area contributed by atoms with Crippen molar-refractivity contribution in [3.05, 3.63) is 52.8 Å². The number of nitrogens with zero attached hydrogens (tertiary/aromatic N) is 1. The number of aryl methyl sites for hydroxylation is 2. The molecule has 2 aromatic rings. The zero-order chi connectivity index (χ0) is 14.0. The summed E-state index contributed by atoms with van der Waals surface area (Å²) in [5.41, 5.74) is 9.28. The summed E-state index contributed by atoms with van der Waals surface area (Å²) < 4.78 is 5.87. The molecule has 0 atom stereocenters. The first-order valence-corrected chi connectivity index (χ1v) is 6.03. The molecule has 0 saturated carbocycles. The highest BCUT2D eigenvalue weighted by molar-refractivity contribution is 5.93. The Morgan fingerprint density at radius 1 is 1.21 bits per heavy atom. The molecule has 0 amide bonds. The van der Waals surface area contributed by atoms with Crippen molar-refractivity contribution in [3.8, 4) is 11.5 Å². The second kappa shape index (κ2) is 5.10. The van der Waals surface area contributed by atoms with Crippen LogP contribution in [-0.2, 0) is 0 Å². The summed E-state index contributed by atoms with van der Waals surface area (Å²) in [5, 5.41) is 7.38. The van der Waals surface area contributed by atoms with Gasteiger partial charge in [-0.15, -0.1) is 0 Å². The molecule has 4 nitrogen and oxygen atoms in total. The molecule has 1 heterocycles. The van der Waals surface area contributed by atoms with Crippen LogP contribution in [0.5, 0.6) is 11.5 Å². The van der Waals surface area contributed by atoms with E-state index in [9.17, 15) is 0 Å². The quantitative estimate of drug-likeness (QED) is 0.654. The lowest BCUT2D eigenvalue weighted by Crippen LogP contribution is -2.12. The number of pyridine rings is 1. The summed E-state index contributed by atoms with van der Waals surface area (Å²) in [5.74, 6) is 1.38. The molecule has 0 fully saturated rings. The average molecular weight is 255 g/mol. The van der Waals surface area contributed by atoms with E-state index in [-0.39, 0.29) is 5.84 Å².